The Kier molecular flexibility index (Phi) is 6.24. The summed E-state index contributed by atoms with van der Waals surface area (Å²) in [5.41, 5.74) is -1.12. The number of carbonyl (C=O) groups excluding carboxylic acids is 1. The molecule has 0 amide bonds. The molecule has 0 spiro atoms. The van der Waals surface area contributed by atoms with Crippen molar-refractivity contribution in [3.05, 3.63) is 50.5 Å². The molecule has 1 aliphatic heterocycles. The first-order valence-electron chi connectivity index (χ1n) is 8.15. The summed E-state index contributed by atoms with van der Waals surface area (Å²) in [7, 11) is -1.75. The number of allylic oxidation sites excluding steroid dienone is 1. The van der Waals surface area contributed by atoms with Crippen molar-refractivity contribution in [1.82, 2.24) is 5.16 Å². The molecule has 3 rings (SSSR count). The Morgan fingerprint density at radius 3 is 2.72 bits per heavy atom. The highest BCUT2D eigenvalue weighted by atomic mass is 35.5. The van der Waals surface area contributed by atoms with Crippen LogP contribution in [0.4, 0.5) is 0 Å². The molecule has 2 unspecified atom stereocenters. The van der Waals surface area contributed by atoms with Crippen molar-refractivity contribution >= 4 is 45.0 Å². The molecule has 0 radical (unpaired) electrons. The number of methoxy groups -OCH3 is 2. The van der Waals surface area contributed by atoms with E-state index in [0.717, 1.165) is 11.3 Å². The molecule has 0 saturated heterocycles. The lowest BCUT2D eigenvalue weighted by Crippen LogP contribution is -2.36. The van der Waals surface area contributed by atoms with Crippen molar-refractivity contribution in [2.45, 2.75) is 17.2 Å². The molecule has 12 heteroatoms. The standard InChI is InChI=1S/C17H17ClN2O7S2/c1-10-12(18)14(27-20-10)17(6-4-7-19-17)29(22,23)16(25-3)11-5-8-28-13(11)15(21)26-9-24-2/h4-8,16H,9H2,1-3H3. The third kappa shape index (κ3) is 3.53. The quantitative estimate of drug-likeness (QED) is 0.435. The summed E-state index contributed by atoms with van der Waals surface area (Å²) in [6.07, 6.45) is 4.11. The van der Waals surface area contributed by atoms with E-state index in [9.17, 15) is 13.2 Å². The van der Waals surface area contributed by atoms with Gasteiger partial charge in [0.1, 0.15) is 9.90 Å². The predicted molar refractivity (Wildman–Crippen MR) is 106 cm³/mol. The summed E-state index contributed by atoms with van der Waals surface area (Å²) in [6, 6.07) is 1.48. The Hall–Kier alpha value is -2.05. The number of carbonyl (C=O) groups is 1. The minimum absolute atomic E-state index is 0.0391. The van der Waals surface area contributed by atoms with Gasteiger partial charge in [-0.05, 0) is 30.5 Å². The van der Waals surface area contributed by atoms with Crippen LogP contribution < -0.4 is 0 Å². The van der Waals surface area contributed by atoms with Crippen LogP contribution in [-0.4, -0.2) is 46.8 Å². The molecule has 0 aliphatic carbocycles. The van der Waals surface area contributed by atoms with E-state index in [4.69, 9.17) is 30.3 Å². The van der Waals surface area contributed by atoms with Crippen LogP contribution in [0.5, 0.6) is 0 Å². The van der Waals surface area contributed by atoms with Gasteiger partial charge in [0.25, 0.3) is 0 Å². The molecule has 2 atom stereocenters. The molecule has 0 aromatic carbocycles. The Morgan fingerprint density at radius 2 is 2.17 bits per heavy atom. The molecule has 2 aromatic rings. The van der Waals surface area contributed by atoms with Crippen LogP contribution in [0.2, 0.25) is 5.02 Å². The zero-order valence-electron chi connectivity index (χ0n) is 15.6. The molecule has 0 fully saturated rings. The fraction of sp³-hybridized carbons (Fsp3) is 0.353. The van der Waals surface area contributed by atoms with E-state index in [1.54, 1.807) is 12.3 Å². The van der Waals surface area contributed by atoms with Gasteiger partial charge in [-0.15, -0.1) is 11.3 Å². The molecule has 2 aromatic heterocycles. The number of aryl methyl sites for hydroxylation is 1. The molecule has 0 N–H and O–H groups in total. The summed E-state index contributed by atoms with van der Waals surface area (Å²) in [4.78, 5) is 14.5. The average Bonchev–Trinajstić information content (AvgIpc) is 3.42. The minimum Gasteiger partial charge on any atom is -0.434 e. The van der Waals surface area contributed by atoms with Crippen molar-refractivity contribution in [3.63, 3.8) is 0 Å². The van der Waals surface area contributed by atoms with E-state index in [-0.39, 0.29) is 28.0 Å². The van der Waals surface area contributed by atoms with Gasteiger partial charge in [-0.1, -0.05) is 16.8 Å². The number of aromatic nitrogens is 1. The largest absolute Gasteiger partial charge is 0.434 e. The SMILES string of the molecule is COCOC(=O)c1sccc1C(OC)S(=O)(=O)C1(c2onc(C)c2Cl)C=CC=N1. The van der Waals surface area contributed by atoms with Gasteiger partial charge in [0.05, 0.1) is 5.69 Å². The van der Waals surface area contributed by atoms with E-state index in [1.807, 2.05) is 0 Å². The number of sulfone groups is 1. The number of nitrogens with zero attached hydrogens (tertiary/aromatic N) is 2. The smallest absolute Gasteiger partial charge is 0.350 e. The maximum Gasteiger partial charge on any atom is 0.350 e. The van der Waals surface area contributed by atoms with Crippen molar-refractivity contribution in [2.75, 3.05) is 21.0 Å². The number of hydrogen-bond donors (Lipinski definition) is 0. The second-order valence-corrected chi connectivity index (χ2v) is 9.34. The first-order valence-corrected chi connectivity index (χ1v) is 11.0. The number of hydrogen-bond acceptors (Lipinski definition) is 10. The molecular formula is C17H17ClN2O7S2. The van der Waals surface area contributed by atoms with Gasteiger partial charge in [0.15, 0.2) is 12.2 Å². The molecule has 1 aliphatic rings. The van der Waals surface area contributed by atoms with Gasteiger partial charge in [-0.25, -0.2) is 13.2 Å². The van der Waals surface area contributed by atoms with Crippen molar-refractivity contribution < 1.29 is 31.9 Å². The Labute approximate surface area is 175 Å². The number of rotatable bonds is 8. The second kappa shape index (κ2) is 8.36. The summed E-state index contributed by atoms with van der Waals surface area (Å²) >= 11 is 7.26. The zero-order chi connectivity index (χ0) is 21.2. The summed E-state index contributed by atoms with van der Waals surface area (Å²) in [6.45, 7) is 1.30. The zero-order valence-corrected chi connectivity index (χ0v) is 18.0. The van der Waals surface area contributed by atoms with Crippen LogP contribution >= 0.6 is 22.9 Å². The van der Waals surface area contributed by atoms with E-state index in [2.05, 4.69) is 10.1 Å². The third-order valence-corrected chi connectivity index (χ3v) is 7.82. The first kappa shape index (κ1) is 21.7. The maximum atomic E-state index is 13.7. The topological polar surface area (TPSA) is 117 Å². The number of ether oxygens (including phenoxy) is 3. The van der Waals surface area contributed by atoms with E-state index in [1.165, 1.54) is 38.7 Å². The Morgan fingerprint density at radius 1 is 1.41 bits per heavy atom. The monoisotopic (exact) mass is 460 g/mol. The Balaban J connectivity index is 2.11. The molecule has 0 saturated carbocycles. The van der Waals surface area contributed by atoms with Crippen LogP contribution in [0.1, 0.15) is 32.1 Å². The predicted octanol–water partition coefficient (Wildman–Crippen LogP) is 3.01. The molecule has 3 heterocycles. The summed E-state index contributed by atoms with van der Waals surface area (Å²) < 4.78 is 47.7. The normalized spacial score (nSPS) is 19.6. The fourth-order valence-corrected chi connectivity index (χ4v) is 5.96. The number of halogens is 1. The lowest BCUT2D eigenvalue weighted by molar-refractivity contribution is -0.0123. The van der Waals surface area contributed by atoms with Crippen LogP contribution in [0.3, 0.4) is 0 Å². The van der Waals surface area contributed by atoms with Crippen LogP contribution in [-0.2, 0) is 28.9 Å². The molecule has 0 bridgehead atoms. The van der Waals surface area contributed by atoms with E-state index in [0.29, 0.717) is 5.69 Å². The fourth-order valence-electron chi connectivity index (χ4n) is 2.82. The third-order valence-electron chi connectivity index (χ3n) is 4.16. The van der Waals surface area contributed by atoms with Crippen LogP contribution in [0, 0.1) is 6.92 Å². The second-order valence-electron chi connectivity index (χ2n) is 5.90. The molecular weight excluding hydrogens is 444 g/mol. The highest BCUT2D eigenvalue weighted by Gasteiger charge is 2.54. The highest BCUT2D eigenvalue weighted by molar-refractivity contribution is 7.92. The van der Waals surface area contributed by atoms with Crippen molar-refractivity contribution in [1.29, 1.82) is 0 Å². The maximum absolute atomic E-state index is 13.7. The van der Waals surface area contributed by atoms with E-state index < -0.39 is 26.1 Å². The molecule has 9 nitrogen and oxygen atoms in total. The van der Waals surface area contributed by atoms with Gasteiger partial charge in [-0.2, -0.15) is 0 Å². The van der Waals surface area contributed by atoms with Gasteiger partial charge in [-0.3, -0.25) is 4.99 Å². The van der Waals surface area contributed by atoms with Gasteiger partial charge in [0, 0.05) is 26.0 Å². The van der Waals surface area contributed by atoms with Crippen molar-refractivity contribution in [3.8, 4) is 0 Å². The number of thiophene rings is 1. The molecule has 29 heavy (non-hydrogen) atoms. The lowest BCUT2D eigenvalue weighted by atomic mass is 10.2. The van der Waals surface area contributed by atoms with Crippen LogP contribution in [0.25, 0.3) is 0 Å². The molecule has 156 valence electrons. The summed E-state index contributed by atoms with van der Waals surface area (Å²) in [5, 5.41) is 5.34. The average molecular weight is 461 g/mol. The Bertz CT molecular complexity index is 1060. The van der Waals surface area contributed by atoms with Gasteiger partial charge >= 0.3 is 5.97 Å². The van der Waals surface area contributed by atoms with Gasteiger partial charge < -0.3 is 18.7 Å². The lowest BCUT2D eigenvalue weighted by Gasteiger charge is -2.27. The first-order chi connectivity index (χ1) is 13.8. The van der Waals surface area contributed by atoms with Crippen molar-refractivity contribution in [2.24, 2.45) is 4.99 Å². The minimum atomic E-state index is -4.33. The number of aliphatic imine (C=N–C) groups is 1. The van der Waals surface area contributed by atoms with E-state index >= 15 is 0 Å². The van der Waals surface area contributed by atoms with Crippen LogP contribution in [0.15, 0.2) is 33.1 Å². The van der Waals surface area contributed by atoms with Gasteiger partial charge in [0.2, 0.25) is 20.5 Å². The summed E-state index contributed by atoms with van der Waals surface area (Å²) in [5.74, 6) is -0.885. The number of esters is 1. The highest BCUT2D eigenvalue weighted by Crippen LogP contribution is 2.47.